The second kappa shape index (κ2) is 7.04. The normalized spacial score (nSPS) is 15.7. The fourth-order valence-electron chi connectivity index (χ4n) is 2.28. The molecular weight excluding hydrogens is 360 g/mol. The molecule has 0 saturated carbocycles. The Morgan fingerprint density at radius 1 is 1.24 bits per heavy atom. The number of rotatable bonds is 4. The summed E-state index contributed by atoms with van der Waals surface area (Å²) in [5.74, 6) is 0.396. The molecule has 0 N–H and O–H groups in total. The number of thioether (sulfide) groups is 1. The zero-order chi connectivity index (χ0) is 18.0. The molecule has 8 heteroatoms. The number of thiocarbonyl (C=S) groups is 1. The van der Waals surface area contributed by atoms with Crippen LogP contribution in [0.15, 0.2) is 53.4 Å². The molecule has 0 bridgehead atoms. The van der Waals surface area contributed by atoms with Crippen LogP contribution in [0.1, 0.15) is 5.56 Å². The van der Waals surface area contributed by atoms with Crippen molar-refractivity contribution < 1.29 is 14.5 Å². The number of benzene rings is 2. The first-order chi connectivity index (χ1) is 12.0. The highest BCUT2D eigenvalue weighted by Gasteiger charge is 2.33. The van der Waals surface area contributed by atoms with Gasteiger partial charge in [-0.1, -0.05) is 30.0 Å². The number of hydrogen-bond acceptors (Lipinski definition) is 6. The molecule has 2 aromatic carbocycles. The lowest BCUT2D eigenvalue weighted by Crippen LogP contribution is -2.27. The van der Waals surface area contributed by atoms with Crippen LogP contribution in [0, 0.1) is 10.1 Å². The standard InChI is InChI=1S/C17H12N2O4S2/c1-23-14-4-2-3-13(10-14)18-16(20)15(25-17(18)24)9-11-5-7-12(8-6-11)19(21)22/h2-10H,1H3. The van der Waals surface area contributed by atoms with Gasteiger partial charge >= 0.3 is 0 Å². The molecule has 6 nitrogen and oxygen atoms in total. The number of hydrogen-bond donors (Lipinski definition) is 0. The maximum Gasteiger partial charge on any atom is 0.270 e. The van der Waals surface area contributed by atoms with Crippen molar-refractivity contribution >= 4 is 51.7 Å². The molecule has 1 aliphatic heterocycles. The molecule has 1 heterocycles. The van der Waals surface area contributed by atoms with Crippen LogP contribution < -0.4 is 9.64 Å². The average Bonchev–Trinajstić information content (AvgIpc) is 2.89. The van der Waals surface area contributed by atoms with E-state index in [4.69, 9.17) is 17.0 Å². The Hall–Kier alpha value is -2.71. The smallest absolute Gasteiger partial charge is 0.270 e. The molecule has 2 aromatic rings. The van der Waals surface area contributed by atoms with E-state index in [1.54, 1.807) is 49.6 Å². The second-order valence-corrected chi connectivity index (χ2v) is 6.74. The molecule has 1 saturated heterocycles. The molecule has 0 aromatic heterocycles. The van der Waals surface area contributed by atoms with Crippen LogP contribution in [-0.4, -0.2) is 22.3 Å². The quantitative estimate of drug-likeness (QED) is 0.349. The lowest BCUT2D eigenvalue weighted by molar-refractivity contribution is -0.384. The SMILES string of the molecule is COc1cccc(N2C(=O)C(=Cc3ccc([N+](=O)[O-])cc3)SC2=S)c1. The van der Waals surface area contributed by atoms with Crippen molar-refractivity contribution in [2.24, 2.45) is 0 Å². The van der Waals surface area contributed by atoms with Crippen molar-refractivity contribution in [3.05, 3.63) is 69.1 Å². The number of carbonyl (C=O) groups excluding carboxylic acids is 1. The number of amides is 1. The number of carbonyl (C=O) groups is 1. The van der Waals surface area contributed by atoms with Crippen molar-refractivity contribution in [1.82, 2.24) is 0 Å². The largest absolute Gasteiger partial charge is 0.497 e. The number of anilines is 1. The summed E-state index contributed by atoms with van der Waals surface area (Å²) in [7, 11) is 1.55. The first kappa shape index (κ1) is 17.1. The van der Waals surface area contributed by atoms with Crippen LogP contribution in [0.5, 0.6) is 5.75 Å². The molecule has 126 valence electrons. The van der Waals surface area contributed by atoms with Crippen LogP contribution in [0.3, 0.4) is 0 Å². The minimum atomic E-state index is -0.466. The minimum absolute atomic E-state index is 0.001000. The number of non-ortho nitro benzene ring substituents is 1. The Balaban J connectivity index is 1.88. The van der Waals surface area contributed by atoms with E-state index < -0.39 is 4.92 Å². The molecule has 0 aliphatic carbocycles. The predicted molar refractivity (Wildman–Crippen MR) is 102 cm³/mol. The highest BCUT2D eigenvalue weighted by Crippen LogP contribution is 2.37. The van der Waals surface area contributed by atoms with E-state index in [2.05, 4.69) is 0 Å². The van der Waals surface area contributed by atoms with E-state index in [1.807, 2.05) is 0 Å². The van der Waals surface area contributed by atoms with Gasteiger partial charge in [-0.25, -0.2) is 0 Å². The molecule has 1 fully saturated rings. The van der Waals surface area contributed by atoms with Gasteiger partial charge in [0.25, 0.3) is 11.6 Å². The number of ether oxygens (including phenoxy) is 1. The summed E-state index contributed by atoms with van der Waals surface area (Å²) in [5, 5.41) is 10.7. The van der Waals surface area contributed by atoms with E-state index in [-0.39, 0.29) is 11.6 Å². The fourth-order valence-corrected chi connectivity index (χ4v) is 3.58. The Labute approximate surface area is 153 Å². The van der Waals surface area contributed by atoms with Crippen LogP contribution in [0.2, 0.25) is 0 Å². The second-order valence-electron chi connectivity index (χ2n) is 5.07. The highest BCUT2D eigenvalue weighted by atomic mass is 32.2. The Bertz CT molecular complexity index is 894. The van der Waals surface area contributed by atoms with E-state index >= 15 is 0 Å². The topological polar surface area (TPSA) is 72.7 Å². The zero-order valence-electron chi connectivity index (χ0n) is 13.0. The maximum absolute atomic E-state index is 12.7. The van der Waals surface area contributed by atoms with E-state index in [1.165, 1.54) is 28.8 Å². The fraction of sp³-hybridized carbons (Fsp3) is 0.0588. The van der Waals surface area contributed by atoms with E-state index in [0.29, 0.717) is 26.2 Å². The van der Waals surface area contributed by atoms with Gasteiger partial charge in [0.1, 0.15) is 5.75 Å². The molecule has 0 spiro atoms. The van der Waals surface area contributed by atoms with Crippen LogP contribution in [0.4, 0.5) is 11.4 Å². The average molecular weight is 372 g/mol. The first-order valence-corrected chi connectivity index (χ1v) is 8.38. The third kappa shape index (κ3) is 3.54. The van der Waals surface area contributed by atoms with Gasteiger partial charge in [-0.15, -0.1) is 0 Å². The number of nitro groups is 1. The first-order valence-electron chi connectivity index (χ1n) is 7.16. The molecule has 1 aliphatic rings. The monoisotopic (exact) mass is 372 g/mol. The van der Waals surface area contributed by atoms with E-state index in [9.17, 15) is 14.9 Å². The Morgan fingerprint density at radius 3 is 2.60 bits per heavy atom. The molecule has 0 radical (unpaired) electrons. The third-order valence-corrected chi connectivity index (χ3v) is 4.81. The van der Waals surface area contributed by atoms with Crippen molar-refractivity contribution in [2.45, 2.75) is 0 Å². The third-order valence-electron chi connectivity index (χ3n) is 3.51. The van der Waals surface area contributed by atoms with Gasteiger partial charge in [-0.3, -0.25) is 19.8 Å². The van der Waals surface area contributed by atoms with Gasteiger partial charge in [0.2, 0.25) is 0 Å². The Kier molecular flexibility index (Phi) is 4.82. The van der Waals surface area contributed by atoms with Gasteiger partial charge in [0, 0.05) is 18.2 Å². The van der Waals surface area contributed by atoms with Gasteiger partial charge < -0.3 is 4.74 Å². The predicted octanol–water partition coefficient (Wildman–Crippen LogP) is 4.01. The summed E-state index contributed by atoms with van der Waals surface area (Å²) in [6.45, 7) is 0. The number of nitrogens with zero attached hydrogens (tertiary/aromatic N) is 2. The maximum atomic E-state index is 12.7. The zero-order valence-corrected chi connectivity index (χ0v) is 14.7. The number of nitro benzene ring substituents is 1. The molecule has 1 amide bonds. The molecule has 25 heavy (non-hydrogen) atoms. The molecule has 0 unspecified atom stereocenters. The lowest BCUT2D eigenvalue weighted by atomic mass is 10.2. The van der Waals surface area contributed by atoms with Crippen molar-refractivity contribution in [3.8, 4) is 5.75 Å². The summed E-state index contributed by atoms with van der Waals surface area (Å²) < 4.78 is 5.60. The molecule has 3 rings (SSSR count). The van der Waals surface area contributed by atoms with Gasteiger partial charge in [0.15, 0.2) is 4.32 Å². The molecule has 0 atom stereocenters. The summed E-state index contributed by atoms with van der Waals surface area (Å²) in [5.41, 5.74) is 1.33. The van der Waals surface area contributed by atoms with Crippen LogP contribution >= 0.6 is 24.0 Å². The molecular formula is C17H12N2O4S2. The Morgan fingerprint density at radius 2 is 1.96 bits per heavy atom. The summed E-state index contributed by atoms with van der Waals surface area (Å²) >= 11 is 6.51. The summed E-state index contributed by atoms with van der Waals surface area (Å²) in [6.07, 6.45) is 1.67. The van der Waals surface area contributed by atoms with Crippen LogP contribution in [-0.2, 0) is 4.79 Å². The number of methoxy groups -OCH3 is 1. The van der Waals surface area contributed by atoms with E-state index in [0.717, 1.165) is 0 Å². The van der Waals surface area contributed by atoms with Gasteiger partial charge in [-0.05, 0) is 35.9 Å². The highest BCUT2D eigenvalue weighted by molar-refractivity contribution is 8.27. The van der Waals surface area contributed by atoms with Crippen LogP contribution in [0.25, 0.3) is 6.08 Å². The summed E-state index contributed by atoms with van der Waals surface area (Å²) in [6, 6.07) is 13.1. The van der Waals surface area contributed by atoms with Gasteiger partial charge in [0.05, 0.1) is 22.6 Å². The summed E-state index contributed by atoms with van der Waals surface area (Å²) in [4.78, 5) is 24.8. The van der Waals surface area contributed by atoms with Gasteiger partial charge in [-0.2, -0.15) is 0 Å². The lowest BCUT2D eigenvalue weighted by Gasteiger charge is -2.15. The minimum Gasteiger partial charge on any atom is -0.497 e. The van der Waals surface area contributed by atoms with Crippen molar-refractivity contribution in [1.29, 1.82) is 0 Å². The van der Waals surface area contributed by atoms with Crippen molar-refractivity contribution in [3.63, 3.8) is 0 Å². The van der Waals surface area contributed by atoms with Crippen molar-refractivity contribution in [2.75, 3.05) is 12.0 Å².